The van der Waals surface area contributed by atoms with Gasteiger partial charge in [0.1, 0.15) is 6.61 Å². The van der Waals surface area contributed by atoms with Crippen LogP contribution in [0.3, 0.4) is 0 Å². The van der Waals surface area contributed by atoms with Gasteiger partial charge in [-0.1, -0.05) is 24.6 Å². The highest BCUT2D eigenvalue weighted by atomic mass is 35.5. The lowest BCUT2D eigenvalue weighted by Crippen LogP contribution is -2.38. The molecule has 132 valence electrons. The Labute approximate surface area is 151 Å². The zero-order valence-electron chi connectivity index (χ0n) is 14.0. The molecule has 2 aromatic rings. The lowest BCUT2D eigenvalue weighted by atomic mass is 9.99. The van der Waals surface area contributed by atoms with Gasteiger partial charge in [0.2, 0.25) is 0 Å². The molecule has 1 saturated heterocycles. The minimum Gasteiger partial charge on any atom is -0.484 e. The van der Waals surface area contributed by atoms with Crippen molar-refractivity contribution >= 4 is 17.5 Å². The molecule has 1 aliphatic rings. The highest BCUT2D eigenvalue weighted by Gasteiger charge is 2.21. The number of pyridine rings is 1. The maximum atomic E-state index is 13.7. The van der Waals surface area contributed by atoms with E-state index >= 15 is 0 Å². The number of halogens is 2. The SMILES string of the molecule is CC1CCN(C(=O)c2cncc(COc3c(F)cccc3Cl)c2)CC1. The van der Waals surface area contributed by atoms with Crippen LogP contribution in [0.5, 0.6) is 5.75 Å². The maximum absolute atomic E-state index is 13.7. The van der Waals surface area contributed by atoms with Crippen LogP contribution in [0.25, 0.3) is 0 Å². The average molecular weight is 363 g/mol. The number of rotatable bonds is 4. The van der Waals surface area contributed by atoms with E-state index in [1.54, 1.807) is 24.5 Å². The first-order chi connectivity index (χ1) is 12.0. The number of hydrogen-bond acceptors (Lipinski definition) is 3. The van der Waals surface area contributed by atoms with E-state index in [1.807, 2.05) is 4.90 Å². The summed E-state index contributed by atoms with van der Waals surface area (Å²) in [6.45, 7) is 3.83. The average Bonchev–Trinajstić information content (AvgIpc) is 2.62. The fourth-order valence-electron chi connectivity index (χ4n) is 2.85. The molecule has 1 amide bonds. The smallest absolute Gasteiger partial charge is 0.255 e. The fraction of sp³-hybridized carbons (Fsp3) is 0.368. The molecule has 4 nitrogen and oxygen atoms in total. The molecule has 0 radical (unpaired) electrons. The van der Waals surface area contributed by atoms with E-state index in [0.29, 0.717) is 17.0 Å². The van der Waals surface area contributed by atoms with Crippen LogP contribution in [0, 0.1) is 11.7 Å². The minimum atomic E-state index is -0.518. The Kier molecular flexibility index (Phi) is 5.53. The Hall–Kier alpha value is -2.14. The van der Waals surface area contributed by atoms with Gasteiger partial charge in [-0.3, -0.25) is 9.78 Å². The summed E-state index contributed by atoms with van der Waals surface area (Å²) in [5.74, 6) is 0.124. The molecule has 6 heteroatoms. The summed E-state index contributed by atoms with van der Waals surface area (Å²) in [6, 6.07) is 6.11. The summed E-state index contributed by atoms with van der Waals surface area (Å²) < 4.78 is 19.2. The van der Waals surface area contributed by atoms with Crippen molar-refractivity contribution in [1.82, 2.24) is 9.88 Å². The molecule has 0 unspecified atom stereocenters. The van der Waals surface area contributed by atoms with Gasteiger partial charge in [0.25, 0.3) is 5.91 Å². The zero-order chi connectivity index (χ0) is 17.8. The quantitative estimate of drug-likeness (QED) is 0.813. The molecule has 0 saturated carbocycles. The number of likely N-dealkylation sites (tertiary alicyclic amines) is 1. The number of benzene rings is 1. The van der Waals surface area contributed by atoms with E-state index in [0.717, 1.165) is 25.9 Å². The van der Waals surface area contributed by atoms with Crippen molar-refractivity contribution in [3.63, 3.8) is 0 Å². The van der Waals surface area contributed by atoms with E-state index < -0.39 is 5.82 Å². The summed E-state index contributed by atoms with van der Waals surface area (Å²) in [4.78, 5) is 18.6. The zero-order valence-corrected chi connectivity index (χ0v) is 14.8. The molecule has 25 heavy (non-hydrogen) atoms. The molecule has 1 fully saturated rings. The lowest BCUT2D eigenvalue weighted by molar-refractivity contribution is 0.0696. The molecule has 0 aliphatic carbocycles. The molecule has 1 aromatic carbocycles. The third kappa shape index (κ3) is 4.28. The van der Waals surface area contributed by atoms with Gasteiger partial charge in [-0.05, 0) is 37.0 Å². The summed E-state index contributed by atoms with van der Waals surface area (Å²) in [5, 5.41) is 0.211. The van der Waals surface area contributed by atoms with Gasteiger partial charge in [0, 0.05) is 31.0 Å². The molecule has 0 N–H and O–H groups in total. The summed E-state index contributed by atoms with van der Waals surface area (Å²) >= 11 is 5.95. The summed E-state index contributed by atoms with van der Waals surface area (Å²) in [6.07, 6.45) is 5.20. The van der Waals surface area contributed by atoms with E-state index in [1.165, 1.54) is 12.1 Å². The predicted molar refractivity (Wildman–Crippen MR) is 94.3 cm³/mol. The van der Waals surface area contributed by atoms with Crippen LogP contribution in [-0.2, 0) is 6.61 Å². The normalized spacial score (nSPS) is 15.2. The number of piperidine rings is 1. The Bertz CT molecular complexity index is 741. The highest BCUT2D eigenvalue weighted by molar-refractivity contribution is 6.32. The van der Waals surface area contributed by atoms with Crippen molar-refractivity contribution in [3.8, 4) is 5.75 Å². The van der Waals surface area contributed by atoms with Crippen molar-refractivity contribution in [2.75, 3.05) is 13.1 Å². The Morgan fingerprint density at radius 2 is 2.12 bits per heavy atom. The summed E-state index contributed by atoms with van der Waals surface area (Å²) in [5.41, 5.74) is 1.21. The third-order valence-corrected chi connectivity index (χ3v) is 4.71. The molecular formula is C19H20ClFN2O2. The number of carbonyl (C=O) groups is 1. The van der Waals surface area contributed by atoms with Gasteiger partial charge in [0.15, 0.2) is 11.6 Å². The number of amides is 1. The molecule has 0 spiro atoms. The third-order valence-electron chi connectivity index (χ3n) is 4.41. The molecule has 2 heterocycles. The van der Waals surface area contributed by atoms with E-state index in [-0.39, 0.29) is 23.3 Å². The second-order valence-corrected chi connectivity index (χ2v) is 6.80. The van der Waals surface area contributed by atoms with E-state index in [2.05, 4.69) is 11.9 Å². The monoisotopic (exact) mass is 362 g/mol. The second-order valence-electron chi connectivity index (χ2n) is 6.40. The Balaban J connectivity index is 1.68. The molecular weight excluding hydrogens is 343 g/mol. The van der Waals surface area contributed by atoms with Crippen LogP contribution in [-0.4, -0.2) is 28.9 Å². The number of carbonyl (C=O) groups excluding carboxylic acids is 1. The van der Waals surface area contributed by atoms with Crippen molar-refractivity contribution in [2.45, 2.75) is 26.4 Å². The molecule has 1 aromatic heterocycles. The van der Waals surface area contributed by atoms with Crippen molar-refractivity contribution in [2.24, 2.45) is 5.92 Å². The van der Waals surface area contributed by atoms with Gasteiger partial charge in [-0.2, -0.15) is 0 Å². The molecule has 1 aliphatic heterocycles. The van der Waals surface area contributed by atoms with Gasteiger partial charge in [0.05, 0.1) is 10.6 Å². The van der Waals surface area contributed by atoms with E-state index in [4.69, 9.17) is 16.3 Å². The van der Waals surface area contributed by atoms with Crippen LogP contribution in [0.1, 0.15) is 35.7 Å². The highest BCUT2D eigenvalue weighted by Crippen LogP contribution is 2.28. The van der Waals surface area contributed by atoms with Crippen LogP contribution in [0.4, 0.5) is 4.39 Å². The van der Waals surface area contributed by atoms with Crippen LogP contribution >= 0.6 is 11.6 Å². The van der Waals surface area contributed by atoms with Gasteiger partial charge in [-0.15, -0.1) is 0 Å². The minimum absolute atomic E-state index is 0.00548. The fourth-order valence-corrected chi connectivity index (χ4v) is 3.07. The number of nitrogens with zero attached hydrogens (tertiary/aromatic N) is 2. The van der Waals surface area contributed by atoms with Crippen molar-refractivity contribution in [3.05, 3.63) is 58.6 Å². The van der Waals surface area contributed by atoms with Crippen LogP contribution in [0.15, 0.2) is 36.7 Å². The number of hydrogen-bond donors (Lipinski definition) is 0. The van der Waals surface area contributed by atoms with Crippen molar-refractivity contribution in [1.29, 1.82) is 0 Å². The molecule has 3 rings (SSSR count). The number of ether oxygens (including phenoxy) is 1. The molecule has 0 bridgehead atoms. The van der Waals surface area contributed by atoms with Crippen LogP contribution < -0.4 is 4.74 Å². The van der Waals surface area contributed by atoms with Crippen molar-refractivity contribution < 1.29 is 13.9 Å². The maximum Gasteiger partial charge on any atom is 0.255 e. The standard InChI is InChI=1S/C19H20ClFN2O2/c1-13-5-7-23(8-6-13)19(24)15-9-14(10-22-11-15)12-25-18-16(20)3-2-4-17(18)21/h2-4,9-11,13H,5-8,12H2,1H3. The van der Waals surface area contributed by atoms with Crippen LogP contribution in [0.2, 0.25) is 5.02 Å². The van der Waals surface area contributed by atoms with E-state index in [9.17, 15) is 9.18 Å². The summed E-state index contributed by atoms with van der Waals surface area (Å²) in [7, 11) is 0. The number of para-hydroxylation sites is 1. The Morgan fingerprint density at radius 3 is 2.84 bits per heavy atom. The predicted octanol–water partition coefficient (Wildman–Crippen LogP) is 4.33. The van der Waals surface area contributed by atoms with Gasteiger partial charge < -0.3 is 9.64 Å². The second kappa shape index (κ2) is 7.83. The van der Waals surface area contributed by atoms with Gasteiger partial charge >= 0.3 is 0 Å². The van der Waals surface area contributed by atoms with Gasteiger partial charge in [-0.25, -0.2) is 4.39 Å². The topological polar surface area (TPSA) is 42.4 Å². The lowest BCUT2D eigenvalue weighted by Gasteiger charge is -2.30. The molecule has 0 atom stereocenters. The Morgan fingerprint density at radius 1 is 1.36 bits per heavy atom. The first-order valence-electron chi connectivity index (χ1n) is 8.34. The largest absolute Gasteiger partial charge is 0.484 e. The first kappa shape index (κ1) is 17.7. The number of aromatic nitrogens is 1. The first-order valence-corrected chi connectivity index (χ1v) is 8.72.